The maximum atomic E-state index is 16.0. The third-order valence-electron chi connectivity index (χ3n) is 14.5. The van der Waals surface area contributed by atoms with E-state index in [-0.39, 0.29) is 31.2 Å². The molecule has 0 aliphatic carbocycles. The number of fused-ring (bicyclic) bond motifs is 6. The Labute approximate surface area is 460 Å². The number of hydrogen-bond acceptors (Lipinski definition) is 6. The maximum Gasteiger partial charge on any atom is 3.00 e. The molecule has 5 heterocycles. The molecule has 12 rings (SSSR count). The number of benzene rings is 7. The Balaban J connectivity index is 0.00000631. The van der Waals surface area contributed by atoms with Gasteiger partial charge in [-0.3, -0.25) is 4.39 Å². The van der Waals surface area contributed by atoms with Gasteiger partial charge >= 0.3 is 20.1 Å². The van der Waals surface area contributed by atoms with Gasteiger partial charge in [0.1, 0.15) is 0 Å². The maximum absolute atomic E-state index is 16.0. The smallest absolute Gasteiger partial charge is 0.305 e. The van der Waals surface area contributed by atoms with Crippen LogP contribution < -0.4 is 0 Å². The van der Waals surface area contributed by atoms with Crippen LogP contribution in [0.5, 0.6) is 0 Å². The molecular formula is C68H45FIrN7. The number of pyridine rings is 4. The average Bonchev–Trinajstić information content (AvgIpc) is 3.92. The zero-order valence-corrected chi connectivity index (χ0v) is 44.5. The zero-order valence-electron chi connectivity index (χ0n) is 42.1. The number of nitriles is 2. The molecular weight excluding hydrogens is 1130 g/mol. The summed E-state index contributed by atoms with van der Waals surface area (Å²) in [7, 11) is 0. The Hall–Kier alpha value is -9.24. The molecule has 0 amide bonds. The Bertz CT molecular complexity index is 4280. The first kappa shape index (κ1) is 49.9. The first-order valence-corrected chi connectivity index (χ1v) is 25.2. The van der Waals surface area contributed by atoms with Crippen molar-refractivity contribution in [3.05, 3.63) is 257 Å². The minimum absolute atomic E-state index is 0. The normalized spacial score (nSPS) is 11.1. The Morgan fingerprint density at radius 2 is 1.18 bits per heavy atom. The molecule has 0 bridgehead atoms. The van der Waals surface area contributed by atoms with Crippen LogP contribution in [0, 0.1) is 60.5 Å². The van der Waals surface area contributed by atoms with E-state index in [0.717, 1.165) is 105 Å². The van der Waals surface area contributed by atoms with Crippen LogP contribution in [-0.2, 0) is 45.8 Å². The number of aromatic nitrogens is 5. The van der Waals surface area contributed by atoms with Crippen molar-refractivity contribution in [1.29, 1.82) is 10.5 Å². The van der Waals surface area contributed by atoms with E-state index in [1.54, 1.807) is 36.7 Å². The van der Waals surface area contributed by atoms with Crippen molar-refractivity contribution in [3.63, 3.8) is 0 Å². The van der Waals surface area contributed by atoms with Gasteiger partial charge < -0.3 is 15.0 Å². The molecule has 0 aliphatic heterocycles. The average molecular weight is 1170 g/mol. The number of nitrogens with zero attached hydrogens (tertiary/aromatic N) is 7. The fourth-order valence-corrected chi connectivity index (χ4v) is 10.5. The molecule has 0 atom stereocenters. The SMILES string of the molecule is Cc1nn2c(c1C)c1cc(-c3ccccc3-c3cc(CCc4c[c-]c(-c5ccccn5)cc4C#N)cc(CCc4c[c-]c(-c5ccccn5)c(F)c4C#N)c3)c[c-]c1c1nccc(-c3ccc(-c4ccccc4)cc3)c12.[Ir+3]. The van der Waals surface area contributed by atoms with Crippen molar-refractivity contribution >= 4 is 27.3 Å². The standard InChI is InChI=1S/C68H45FN7.Ir/c1-43-44(2)75-76-67(43)61-40-52(29-30-59(61)66-68(76)58(32-35-74-66)50-25-22-48(23-26-50)47-12-4-3-5-13-47)56-14-6-7-15-57(56)54-37-45(18-20-49-24-27-53(39-55(49)41-70)63-16-8-10-33-72-63)36-46(38-54)19-21-51-28-31-60(65(69)62(51)42-71)64-17-9-11-34-73-64;/h3-17,22-26,28-29,32-40H,18-21H2,1-2H3;/q-3;+3. The van der Waals surface area contributed by atoms with Crippen molar-refractivity contribution in [1.82, 2.24) is 24.6 Å². The molecule has 5 aromatic heterocycles. The summed E-state index contributed by atoms with van der Waals surface area (Å²) in [6.07, 6.45) is 7.39. The van der Waals surface area contributed by atoms with E-state index in [2.05, 4.69) is 168 Å². The quantitative estimate of drug-likeness (QED) is 0.0892. The summed E-state index contributed by atoms with van der Waals surface area (Å²) in [5, 5.41) is 27.7. The molecule has 7 nitrogen and oxygen atoms in total. The van der Waals surface area contributed by atoms with Crippen LogP contribution in [0.2, 0.25) is 0 Å². The molecule has 0 radical (unpaired) electrons. The fraction of sp³-hybridized carbons (Fsp3) is 0.0882. The van der Waals surface area contributed by atoms with Gasteiger partial charge in [-0.15, -0.1) is 70.6 Å². The molecule has 368 valence electrons. The molecule has 77 heavy (non-hydrogen) atoms. The van der Waals surface area contributed by atoms with Gasteiger partial charge in [-0.05, 0) is 106 Å². The monoisotopic (exact) mass is 1170 g/mol. The van der Waals surface area contributed by atoms with E-state index in [1.165, 1.54) is 5.56 Å². The topological polar surface area (TPSA) is 104 Å². The van der Waals surface area contributed by atoms with E-state index < -0.39 is 5.82 Å². The van der Waals surface area contributed by atoms with E-state index in [0.29, 0.717) is 42.5 Å². The van der Waals surface area contributed by atoms with Crippen LogP contribution in [0.3, 0.4) is 0 Å². The second-order valence-electron chi connectivity index (χ2n) is 19.0. The van der Waals surface area contributed by atoms with E-state index in [4.69, 9.17) is 10.1 Å². The Kier molecular flexibility index (Phi) is 14.0. The predicted molar refractivity (Wildman–Crippen MR) is 299 cm³/mol. The summed E-state index contributed by atoms with van der Waals surface area (Å²) in [6.45, 7) is 4.19. The molecule has 0 fully saturated rings. The molecule has 0 N–H and O–H groups in total. The van der Waals surface area contributed by atoms with Crippen LogP contribution in [0.25, 0.3) is 94.3 Å². The predicted octanol–water partition coefficient (Wildman–Crippen LogP) is 15.3. The van der Waals surface area contributed by atoms with Gasteiger partial charge in [0, 0.05) is 40.8 Å². The van der Waals surface area contributed by atoms with Crippen LogP contribution >= 0.6 is 0 Å². The van der Waals surface area contributed by atoms with Crippen LogP contribution in [-0.4, -0.2) is 24.6 Å². The van der Waals surface area contributed by atoms with Crippen molar-refractivity contribution < 1.29 is 24.5 Å². The molecule has 7 aromatic carbocycles. The zero-order chi connectivity index (χ0) is 51.7. The molecule has 0 spiro atoms. The van der Waals surface area contributed by atoms with Crippen LogP contribution in [0.15, 0.2) is 188 Å². The summed E-state index contributed by atoms with van der Waals surface area (Å²) in [6, 6.07) is 71.7. The minimum Gasteiger partial charge on any atom is -0.305 e. The van der Waals surface area contributed by atoms with Gasteiger partial charge in [-0.1, -0.05) is 156 Å². The van der Waals surface area contributed by atoms with Gasteiger partial charge in [0.2, 0.25) is 0 Å². The minimum atomic E-state index is -0.620. The largest absolute Gasteiger partial charge is 3.00 e. The summed E-state index contributed by atoms with van der Waals surface area (Å²) in [5.74, 6) is -0.620. The van der Waals surface area contributed by atoms with Gasteiger partial charge in [-0.2, -0.15) is 15.6 Å². The number of aryl methyl sites for hydroxylation is 6. The molecule has 0 saturated heterocycles. The van der Waals surface area contributed by atoms with Gasteiger partial charge in [0.15, 0.2) is 0 Å². The van der Waals surface area contributed by atoms with Crippen LogP contribution in [0.1, 0.15) is 44.6 Å². The van der Waals surface area contributed by atoms with E-state index in [1.807, 2.05) is 42.6 Å². The van der Waals surface area contributed by atoms with Crippen molar-refractivity contribution in [2.45, 2.75) is 39.5 Å². The van der Waals surface area contributed by atoms with E-state index >= 15 is 4.39 Å². The first-order valence-electron chi connectivity index (χ1n) is 25.2. The molecule has 9 heteroatoms. The number of hydrogen-bond donors (Lipinski definition) is 0. The van der Waals surface area contributed by atoms with Crippen molar-refractivity contribution in [2.75, 3.05) is 0 Å². The van der Waals surface area contributed by atoms with Crippen molar-refractivity contribution in [3.8, 4) is 79.2 Å². The fourth-order valence-electron chi connectivity index (χ4n) is 10.5. The Morgan fingerprint density at radius 3 is 1.88 bits per heavy atom. The third-order valence-corrected chi connectivity index (χ3v) is 14.5. The first-order chi connectivity index (χ1) is 37.3. The van der Waals surface area contributed by atoms with E-state index in [9.17, 15) is 10.5 Å². The summed E-state index contributed by atoms with van der Waals surface area (Å²) in [5.41, 5.74) is 19.5. The van der Waals surface area contributed by atoms with Crippen molar-refractivity contribution in [2.24, 2.45) is 0 Å². The Morgan fingerprint density at radius 1 is 0.532 bits per heavy atom. The number of halogens is 1. The molecule has 0 unspecified atom stereocenters. The van der Waals surface area contributed by atoms with Gasteiger partial charge in [0.05, 0.1) is 29.2 Å². The number of rotatable bonds is 12. The summed E-state index contributed by atoms with van der Waals surface area (Å²) in [4.78, 5) is 13.8. The molecule has 0 saturated carbocycles. The van der Waals surface area contributed by atoms with Crippen LogP contribution in [0.4, 0.5) is 4.39 Å². The molecule has 0 aliphatic rings. The third kappa shape index (κ3) is 9.60. The van der Waals surface area contributed by atoms with Gasteiger partial charge in [-0.25, -0.2) is 4.52 Å². The second kappa shape index (κ2) is 21.5. The van der Waals surface area contributed by atoms with Gasteiger partial charge in [0.25, 0.3) is 0 Å². The summed E-state index contributed by atoms with van der Waals surface area (Å²) >= 11 is 0. The summed E-state index contributed by atoms with van der Waals surface area (Å²) < 4.78 is 18.1. The molecule has 12 aromatic rings. The second-order valence-corrected chi connectivity index (χ2v) is 19.0.